The van der Waals surface area contributed by atoms with Gasteiger partial charge in [0, 0.05) is 22.0 Å². The van der Waals surface area contributed by atoms with Crippen LogP contribution in [0.2, 0.25) is 5.02 Å². The average Bonchev–Trinajstić information content (AvgIpc) is 3.14. The first-order valence-electron chi connectivity index (χ1n) is 12.2. The molecule has 10 heteroatoms. The number of ether oxygens (including phenoxy) is 1. The van der Waals surface area contributed by atoms with Gasteiger partial charge in [-0.15, -0.1) is 0 Å². The third-order valence-corrected chi connectivity index (χ3v) is 6.72. The number of carbonyl (C=O) groups is 4. The smallest absolute Gasteiger partial charge is 0.338 e. The summed E-state index contributed by atoms with van der Waals surface area (Å²) in [6.45, 7) is 4.19. The van der Waals surface area contributed by atoms with Crippen LogP contribution >= 0.6 is 23.2 Å². The van der Waals surface area contributed by atoms with Gasteiger partial charge in [-0.3, -0.25) is 14.4 Å². The van der Waals surface area contributed by atoms with Gasteiger partial charge in [-0.05, 0) is 79.6 Å². The van der Waals surface area contributed by atoms with E-state index >= 15 is 0 Å². The molecule has 0 saturated carbocycles. The zero-order chi connectivity index (χ0) is 28.1. The number of halogens is 2. The van der Waals surface area contributed by atoms with Crippen LogP contribution in [0.25, 0.3) is 0 Å². The van der Waals surface area contributed by atoms with Gasteiger partial charge in [-0.1, -0.05) is 42.6 Å². The lowest BCUT2D eigenvalue weighted by Gasteiger charge is -2.16. The number of imide groups is 1. The first-order chi connectivity index (χ1) is 18.7. The average molecular weight is 566 g/mol. The first kappa shape index (κ1) is 27.9. The van der Waals surface area contributed by atoms with E-state index < -0.39 is 17.8 Å². The summed E-state index contributed by atoms with van der Waals surface area (Å²) in [5.41, 5.74) is 2.75. The topological polar surface area (TPSA) is 105 Å². The fourth-order valence-electron chi connectivity index (χ4n) is 3.70. The zero-order valence-corrected chi connectivity index (χ0v) is 22.7. The summed E-state index contributed by atoms with van der Waals surface area (Å²) in [5.74, 6) is -2.07. The number of rotatable bonds is 9. The van der Waals surface area contributed by atoms with Crippen LogP contribution < -0.4 is 15.5 Å². The van der Waals surface area contributed by atoms with Gasteiger partial charge in [0.05, 0.1) is 17.9 Å². The van der Waals surface area contributed by atoms with E-state index in [4.69, 9.17) is 27.9 Å². The summed E-state index contributed by atoms with van der Waals surface area (Å²) in [7, 11) is 0. The Morgan fingerprint density at radius 2 is 1.51 bits per heavy atom. The van der Waals surface area contributed by atoms with Crippen molar-refractivity contribution in [1.82, 2.24) is 0 Å². The van der Waals surface area contributed by atoms with Gasteiger partial charge in [0.25, 0.3) is 17.7 Å². The number of carbonyl (C=O) groups excluding carboxylic acids is 4. The van der Waals surface area contributed by atoms with Gasteiger partial charge in [0.2, 0.25) is 0 Å². The van der Waals surface area contributed by atoms with Crippen molar-refractivity contribution in [3.05, 3.63) is 99.2 Å². The number of hydrogen-bond donors (Lipinski definition) is 2. The SMILES string of the molecule is CCCCOC(=O)c1ccc(NC(=O)c2ccc(NC3=C(Cl)C(=O)N(c4ccc(C)c(Cl)c4)C3=O)cc2)cc1. The molecule has 0 aliphatic carbocycles. The zero-order valence-electron chi connectivity index (χ0n) is 21.2. The molecule has 0 bridgehead atoms. The molecule has 0 aromatic heterocycles. The third kappa shape index (κ3) is 6.30. The van der Waals surface area contributed by atoms with E-state index in [0.717, 1.165) is 23.3 Å². The molecular weight excluding hydrogens is 541 g/mol. The summed E-state index contributed by atoms with van der Waals surface area (Å²) in [4.78, 5) is 51.4. The standard InChI is InChI=1S/C29H25Cl2N3O5/c1-3-4-15-39-29(38)19-8-12-21(13-9-19)33-26(35)18-6-10-20(11-7-18)32-25-24(31)27(36)34(28(25)37)22-14-5-17(2)23(30)16-22/h5-14,16,32H,3-4,15H2,1-2H3,(H,33,35). The van der Waals surface area contributed by atoms with Gasteiger partial charge in [0.15, 0.2) is 0 Å². The maximum absolute atomic E-state index is 13.0. The second kappa shape index (κ2) is 12.1. The molecule has 3 amide bonds. The Bertz CT molecular complexity index is 1470. The van der Waals surface area contributed by atoms with Crippen molar-refractivity contribution in [1.29, 1.82) is 0 Å². The maximum Gasteiger partial charge on any atom is 0.338 e. The Balaban J connectivity index is 1.39. The van der Waals surface area contributed by atoms with Crippen LogP contribution in [0.15, 0.2) is 77.5 Å². The van der Waals surface area contributed by atoms with Gasteiger partial charge in [0.1, 0.15) is 10.7 Å². The van der Waals surface area contributed by atoms with Gasteiger partial charge in [-0.25, -0.2) is 9.69 Å². The Labute approximate surface area is 235 Å². The van der Waals surface area contributed by atoms with Crippen LogP contribution in [-0.2, 0) is 14.3 Å². The van der Waals surface area contributed by atoms with Gasteiger partial charge in [-0.2, -0.15) is 0 Å². The Kier molecular flexibility index (Phi) is 8.69. The van der Waals surface area contributed by atoms with E-state index in [0.29, 0.717) is 39.8 Å². The van der Waals surface area contributed by atoms with Crippen LogP contribution in [0.3, 0.4) is 0 Å². The van der Waals surface area contributed by atoms with Crippen molar-refractivity contribution in [3.8, 4) is 0 Å². The normalized spacial score (nSPS) is 13.1. The molecule has 200 valence electrons. The highest BCUT2D eigenvalue weighted by atomic mass is 35.5. The summed E-state index contributed by atoms with van der Waals surface area (Å²) in [6.07, 6.45) is 1.73. The van der Waals surface area contributed by atoms with Gasteiger partial charge < -0.3 is 15.4 Å². The highest BCUT2D eigenvalue weighted by molar-refractivity contribution is 6.53. The van der Waals surface area contributed by atoms with E-state index in [9.17, 15) is 19.2 Å². The second-order valence-electron chi connectivity index (χ2n) is 8.79. The quantitative estimate of drug-likeness (QED) is 0.179. The number of esters is 1. The van der Waals surface area contributed by atoms with Crippen LogP contribution in [0.5, 0.6) is 0 Å². The molecule has 8 nitrogen and oxygen atoms in total. The van der Waals surface area contributed by atoms with Crippen molar-refractivity contribution in [2.75, 3.05) is 22.1 Å². The molecular formula is C29H25Cl2N3O5. The number of benzene rings is 3. The first-order valence-corrected chi connectivity index (χ1v) is 13.0. The van der Waals surface area contributed by atoms with Crippen molar-refractivity contribution >= 4 is 64.0 Å². The minimum atomic E-state index is -0.666. The number of amides is 3. The minimum Gasteiger partial charge on any atom is -0.462 e. The lowest BCUT2D eigenvalue weighted by molar-refractivity contribution is -0.120. The summed E-state index contributed by atoms with van der Waals surface area (Å²) in [6, 6.07) is 17.6. The Morgan fingerprint density at radius 1 is 0.872 bits per heavy atom. The van der Waals surface area contributed by atoms with E-state index in [-0.39, 0.29) is 16.6 Å². The van der Waals surface area contributed by atoms with Crippen LogP contribution in [-0.4, -0.2) is 30.3 Å². The lowest BCUT2D eigenvalue weighted by Crippen LogP contribution is -2.32. The summed E-state index contributed by atoms with van der Waals surface area (Å²) in [5, 5.41) is 5.80. The largest absolute Gasteiger partial charge is 0.462 e. The third-order valence-electron chi connectivity index (χ3n) is 5.97. The lowest BCUT2D eigenvalue weighted by atomic mass is 10.1. The van der Waals surface area contributed by atoms with Crippen LogP contribution in [0, 0.1) is 6.92 Å². The number of nitrogens with zero attached hydrogens (tertiary/aromatic N) is 1. The Morgan fingerprint density at radius 3 is 2.15 bits per heavy atom. The molecule has 0 unspecified atom stereocenters. The molecule has 0 fully saturated rings. The Hall–Kier alpha value is -4.14. The van der Waals surface area contributed by atoms with Crippen molar-refractivity contribution in [2.45, 2.75) is 26.7 Å². The number of hydrogen-bond acceptors (Lipinski definition) is 6. The van der Waals surface area contributed by atoms with E-state index in [1.807, 2.05) is 13.8 Å². The summed E-state index contributed by atoms with van der Waals surface area (Å²) < 4.78 is 5.18. The monoisotopic (exact) mass is 565 g/mol. The molecule has 0 radical (unpaired) electrons. The predicted octanol–water partition coefficient (Wildman–Crippen LogP) is 6.29. The van der Waals surface area contributed by atoms with Crippen LogP contribution in [0.4, 0.5) is 17.1 Å². The molecule has 1 heterocycles. The molecule has 1 aliphatic heterocycles. The molecule has 0 atom stereocenters. The fourth-order valence-corrected chi connectivity index (χ4v) is 4.09. The molecule has 2 N–H and O–H groups in total. The highest BCUT2D eigenvalue weighted by Crippen LogP contribution is 2.32. The van der Waals surface area contributed by atoms with Gasteiger partial charge >= 0.3 is 5.97 Å². The number of nitrogens with one attached hydrogen (secondary N) is 2. The van der Waals surface area contributed by atoms with Crippen molar-refractivity contribution in [2.24, 2.45) is 0 Å². The molecule has 1 aliphatic rings. The number of unbranched alkanes of at least 4 members (excludes halogenated alkanes) is 1. The molecule has 0 saturated heterocycles. The van der Waals surface area contributed by atoms with E-state index in [1.165, 1.54) is 6.07 Å². The van der Waals surface area contributed by atoms with Crippen molar-refractivity contribution in [3.63, 3.8) is 0 Å². The van der Waals surface area contributed by atoms with Crippen LogP contribution in [0.1, 0.15) is 46.0 Å². The number of aryl methyl sites for hydroxylation is 1. The second-order valence-corrected chi connectivity index (χ2v) is 9.58. The fraction of sp³-hybridized carbons (Fsp3) is 0.172. The van der Waals surface area contributed by atoms with Crippen molar-refractivity contribution < 1.29 is 23.9 Å². The molecule has 4 rings (SSSR count). The molecule has 39 heavy (non-hydrogen) atoms. The molecule has 0 spiro atoms. The molecule has 3 aromatic rings. The number of anilines is 3. The highest BCUT2D eigenvalue weighted by Gasteiger charge is 2.39. The minimum absolute atomic E-state index is 0.0797. The summed E-state index contributed by atoms with van der Waals surface area (Å²) >= 11 is 12.4. The van der Waals surface area contributed by atoms with E-state index in [2.05, 4.69) is 10.6 Å². The maximum atomic E-state index is 13.0. The predicted molar refractivity (Wildman–Crippen MR) is 151 cm³/mol. The molecule has 3 aromatic carbocycles. The van der Waals surface area contributed by atoms with E-state index in [1.54, 1.807) is 60.7 Å².